The van der Waals surface area contributed by atoms with E-state index in [2.05, 4.69) is 20.7 Å². The highest BCUT2D eigenvalue weighted by atomic mass is 79.9. The highest BCUT2D eigenvalue weighted by molar-refractivity contribution is 9.10. The van der Waals surface area contributed by atoms with Gasteiger partial charge in [-0.3, -0.25) is 0 Å². The monoisotopic (exact) mass is 399 g/mol. The number of nitrogens with one attached hydrogen (secondary N) is 1. The van der Waals surface area contributed by atoms with Crippen molar-refractivity contribution in [3.8, 4) is 0 Å². The van der Waals surface area contributed by atoms with Gasteiger partial charge in [-0.1, -0.05) is 35.9 Å². The van der Waals surface area contributed by atoms with E-state index in [-0.39, 0.29) is 4.90 Å². The van der Waals surface area contributed by atoms with Crippen LogP contribution in [0.5, 0.6) is 0 Å². The average Bonchev–Trinajstić information content (AvgIpc) is 2.44. The third kappa shape index (κ3) is 2.95. The summed E-state index contributed by atoms with van der Waals surface area (Å²) in [6.07, 6.45) is 2.58. The van der Waals surface area contributed by atoms with E-state index in [9.17, 15) is 8.42 Å². The Hall–Kier alpha value is -0.880. The van der Waals surface area contributed by atoms with E-state index in [4.69, 9.17) is 11.6 Å². The van der Waals surface area contributed by atoms with Gasteiger partial charge < -0.3 is 0 Å². The molecule has 1 aliphatic carbocycles. The fraction of sp³-hybridized carbons (Fsp3) is 0.250. The van der Waals surface area contributed by atoms with Crippen molar-refractivity contribution in [1.29, 1.82) is 0 Å². The molecule has 116 valence electrons. The molecule has 2 aromatic rings. The van der Waals surface area contributed by atoms with Gasteiger partial charge in [-0.2, -0.15) is 0 Å². The first kappa shape index (κ1) is 16.0. The molecule has 0 aliphatic heterocycles. The maximum absolute atomic E-state index is 12.7. The van der Waals surface area contributed by atoms with Crippen LogP contribution in [0.2, 0.25) is 5.02 Å². The molecule has 0 aromatic heterocycles. The minimum Gasteiger partial charge on any atom is -0.207 e. The molecule has 3 rings (SSSR count). The summed E-state index contributed by atoms with van der Waals surface area (Å²) in [7, 11) is -3.60. The van der Waals surface area contributed by atoms with Crippen LogP contribution in [0.25, 0.3) is 0 Å². The molecule has 0 spiro atoms. The Morgan fingerprint density at radius 2 is 1.68 bits per heavy atom. The van der Waals surface area contributed by atoms with E-state index >= 15 is 0 Å². The Morgan fingerprint density at radius 1 is 1.05 bits per heavy atom. The smallest absolute Gasteiger partial charge is 0.207 e. The minimum absolute atomic E-state index is 0.259. The van der Waals surface area contributed by atoms with Crippen molar-refractivity contribution in [3.05, 3.63) is 63.6 Å². The lowest BCUT2D eigenvalue weighted by Crippen LogP contribution is -2.50. The van der Waals surface area contributed by atoms with Crippen molar-refractivity contribution < 1.29 is 8.42 Å². The Balaban J connectivity index is 1.96. The normalized spacial score (nSPS) is 17.0. The Kier molecular flexibility index (Phi) is 4.34. The van der Waals surface area contributed by atoms with Gasteiger partial charge in [0, 0.05) is 9.50 Å². The summed E-state index contributed by atoms with van der Waals surface area (Å²) >= 11 is 9.24. The molecule has 3 nitrogen and oxygen atoms in total. The fourth-order valence-corrected chi connectivity index (χ4v) is 5.30. The van der Waals surface area contributed by atoms with Gasteiger partial charge in [0.2, 0.25) is 10.0 Å². The predicted molar refractivity (Wildman–Crippen MR) is 91.4 cm³/mol. The topological polar surface area (TPSA) is 46.2 Å². The van der Waals surface area contributed by atoms with Crippen LogP contribution < -0.4 is 4.72 Å². The average molecular weight is 401 g/mol. The van der Waals surface area contributed by atoms with Gasteiger partial charge in [0.05, 0.1) is 10.4 Å². The van der Waals surface area contributed by atoms with Gasteiger partial charge in [0.15, 0.2) is 0 Å². The molecule has 1 saturated carbocycles. The van der Waals surface area contributed by atoms with Crippen molar-refractivity contribution in [1.82, 2.24) is 4.72 Å². The summed E-state index contributed by atoms with van der Waals surface area (Å²) < 4.78 is 28.9. The Labute approximate surface area is 143 Å². The summed E-state index contributed by atoms with van der Waals surface area (Å²) in [4.78, 5) is 0.259. The quantitative estimate of drug-likeness (QED) is 0.823. The van der Waals surface area contributed by atoms with Crippen LogP contribution >= 0.6 is 27.5 Å². The van der Waals surface area contributed by atoms with Crippen LogP contribution in [-0.2, 0) is 15.6 Å². The van der Waals surface area contributed by atoms with E-state index in [1.807, 2.05) is 12.1 Å². The van der Waals surface area contributed by atoms with Gasteiger partial charge in [-0.15, -0.1) is 0 Å². The maximum Gasteiger partial charge on any atom is 0.242 e. The molecule has 2 aromatic carbocycles. The van der Waals surface area contributed by atoms with Gasteiger partial charge >= 0.3 is 0 Å². The van der Waals surface area contributed by atoms with Crippen LogP contribution in [0, 0.1) is 0 Å². The molecule has 0 atom stereocenters. The molecule has 0 bridgehead atoms. The third-order valence-corrected chi connectivity index (χ3v) is 6.86. The standard InChI is InChI=1S/C16H15BrClNO2S/c17-14-4-1-2-5-15(14)22(20,21)19-16(10-3-11-16)12-6-8-13(18)9-7-12/h1-2,4-9,19H,3,10-11H2. The molecule has 1 N–H and O–H groups in total. The van der Waals surface area contributed by atoms with Gasteiger partial charge in [-0.05, 0) is 65.0 Å². The zero-order chi connectivity index (χ0) is 15.8. The molecular weight excluding hydrogens is 386 g/mol. The number of halogens is 2. The highest BCUT2D eigenvalue weighted by Gasteiger charge is 2.42. The maximum atomic E-state index is 12.7. The van der Waals surface area contributed by atoms with Crippen molar-refractivity contribution in [2.45, 2.75) is 29.7 Å². The Bertz CT molecular complexity index is 786. The molecule has 0 saturated heterocycles. The number of hydrogen-bond donors (Lipinski definition) is 1. The first-order valence-electron chi connectivity index (χ1n) is 6.98. The number of benzene rings is 2. The molecular formula is C16H15BrClNO2S. The summed E-state index contributed by atoms with van der Waals surface area (Å²) in [5.74, 6) is 0. The largest absolute Gasteiger partial charge is 0.242 e. The summed E-state index contributed by atoms with van der Waals surface area (Å²) in [6.45, 7) is 0. The zero-order valence-electron chi connectivity index (χ0n) is 11.7. The van der Waals surface area contributed by atoms with Crippen molar-refractivity contribution in [2.24, 2.45) is 0 Å². The van der Waals surface area contributed by atoms with E-state index < -0.39 is 15.6 Å². The lowest BCUT2D eigenvalue weighted by Gasteiger charge is -2.42. The van der Waals surface area contributed by atoms with Crippen LogP contribution in [-0.4, -0.2) is 8.42 Å². The summed E-state index contributed by atoms with van der Waals surface area (Å²) in [6, 6.07) is 14.2. The van der Waals surface area contributed by atoms with Crippen molar-refractivity contribution in [2.75, 3.05) is 0 Å². The number of sulfonamides is 1. The second kappa shape index (κ2) is 5.96. The molecule has 0 amide bonds. The van der Waals surface area contributed by atoms with Crippen LogP contribution in [0.4, 0.5) is 0 Å². The molecule has 1 aliphatic rings. The summed E-state index contributed by atoms with van der Waals surface area (Å²) in [5, 5.41) is 0.645. The van der Waals surface area contributed by atoms with Crippen molar-refractivity contribution in [3.63, 3.8) is 0 Å². The van der Waals surface area contributed by atoms with Gasteiger partial charge in [-0.25, -0.2) is 13.1 Å². The third-order valence-electron chi connectivity index (χ3n) is 4.06. The molecule has 1 fully saturated rings. The first-order chi connectivity index (χ1) is 10.4. The van der Waals surface area contributed by atoms with Crippen LogP contribution in [0.3, 0.4) is 0 Å². The lowest BCUT2D eigenvalue weighted by atomic mass is 9.73. The second-order valence-electron chi connectivity index (χ2n) is 5.48. The van der Waals surface area contributed by atoms with Gasteiger partial charge in [0.1, 0.15) is 0 Å². The molecule has 0 radical (unpaired) electrons. The fourth-order valence-electron chi connectivity index (χ4n) is 2.72. The van der Waals surface area contributed by atoms with Crippen LogP contribution in [0.1, 0.15) is 24.8 Å². The van der Waals surface area contributed by atoms with E-state index in [0.717, 1.165) is 24.8 Å². The molecule has 0 unspecified atom stereocenters. The molecule has 0 heterocycles. The Morgan fingerprint density at radius 3 is 2.23 bits per heavy atom. The predicted octanol–water partition coefficient (Wildman–Crippen LogP) is 4.46. The second-order valence-corrected chi connectivity index (χ2v) is 8.42. The zero-order valence-corrected chi connectivity index (χ0v) is 14.9. The first-order valence-corrected chi connectivity index (χ1v) is 9.63. The van der Waals surface area contributed by atoms with Crippen LogP contribution in [0.15, 0.2) is 57.9 Å². The van der Waals surface area contributed by atoms with E-state index in [1.165, 1.54) is 0 Å². The van der Waals surface area contributed by atoms with Crippen molar-refractivity contribution >= 4 is 37.6 Å². The number of hydrogen-bond acceptors (Lipinski definition) is 2. The molecule has 22 heavy (non-hydrogen) atoms. The SMILES string of the molecule is O=S(=O)(NC1(c2ccc(Cl)cc2)CCC1)c1ccccc1Br. The highest BCUT2D eigenvalue weighted by Crippen LogP contribution is 2.43. The summed E-state index contributed by atoms with van der Waals surface area (Å²) in [5.41, 5.74) is 0.428. The van der Waals surface area contributed by atoms with E-state index in [0.29, 0.717) is 9.50 Å². The molecule has 6 heteroatoms. The minimum atomic E-state index is -3.60. The van der Waals surface area contributed by atoms with E-state index in [1.54, 1.807) is 36.4 Å². The number of rotatable bonds is 4. The lowest BCUT2D eigenvalue weighted by molar-refractivity contribution is 0.224. The van der Waals surface area contributed by atoms with Gasteiger partial charge in [0.25, 0.3) is 0 Å².